The summed E-state index contributed by atoms with van der Waals surface area (Å²) in [5.74, 6) is -0.218. The predicted molar refractivity (Wildman–Crippen MR) is 62.3 cm³/mol. The summed E-state index contributed by atoms with van der Waals surface area (Å²) in [6.45, 7) is 4.50. The molecule has 92 valence electrons. The van der Waals surface area contributed by atoms with E-state index in [1.165, 1.54) is 6.92 Å². The van der Waals surface area contributed by atoms with Crippen LogP contribution < -0.4 is 4.74 Å². The lowest BCUT2D eigenvalue weighted by Gasteiger charge is -2.23. The molecule has 2 rings (SSSR count). The van der Waals surface area contributed by atoms with Gasteiger partial charge in [-0.25, -0.2) is 0 Å². The Balaban J connectivity index is 2.43. The molecule has 0 amide bonds. The average Bonchev–Trinajstić information content (AvgIpc) is 2.76. The first-order valence-electron chi connectivity index (χ1n) is 5.54. The largest absolute Gasteiger partial charge is 0.496 e. The highest BCUT2D eigenvalue weighted by molar-refractivity contribution is 5.97. The minimum Gasteiger partial charge on any atom is -0.496 e. The maximum Gasteiger partial charge on any atom is 0.192 e. The van der Waals surface area contributed by atoms with E-state index in [0.29, 0.717) is 24.5 Å². The van der Waals surface area contributed by atoms with Gasteiger partial charge in [0.1, 0.15) is 5.75 Å². The van der Waals surface area contributed by atoms with Crippen LogP contribution in [0.3, 0.4) is 0 Å². The number of ether oxygens (including phenoxy) is 3. The molecule has 0 bridgehead atoms. The molecule has 1 aliphatic rings. The zero-order chi connectivity index (χ0) is 12.5. The number of methoxy groups -OCH3 is 1. The second kappa shape index (κ2) is 4.47. The Kier molecular flexibility index (Phi) is 3.17. The first-order valence-corrected chi connectivity index (χ1v) is 5.54. The molecule has 0 unspecified atom stereocenters. The van der Waals surface area contributed by atoms with Crippen LogP contribution in [-0.2, 0) is 15.3 Å². The van der Waals surface area contributed by atoms with E-state index in [2.05, 4.69) is 0 Å². The van der Waals surface area contributed by atoms with E-state index in [9.17, 15) is 4.79 Å². The van der Waals surface area contributed by atoms with Gasteiger partial charge in [0, 0.05) is 5.56 Å². The highest BCUT2D eigenvalue weighted by Crippen LogP contribution is 2.33. The van der Waals surface area contributed by atoms with Crippen molar-refractivity contribution in [2.45, 2.75) is 19.6 Å². The number of benzene rings is 1. The van der Waals surface area contributed by atoms with Crippen molar-refractivity contribution in [3.05, 3.63) is 29.3 Å². The Morgan fingerprint density at radius 1 is 1.35 bits per heavy atom. The quantitative estimate of drug-likeness (QED) is 0.754. The van der Waals surface area contributed by atoms with Gasteiger partial charge >= 0.3 is 0 Å². The SMILES string of the molecule is COc1ccc(C2(C)OCCO2)cc1C(C)=O. The van der Waals surface area contributed by atoms with Gasteiger partial charge in [-0.2, -0.15) is 0 Å². The fraction of sp³-hybridized carbons (Fsp3) is 0.462. The van der Waals surface area contributed by atoms with Crippen LogP contribution in [0.25, 0.3) is 0 Å². The van der Waals surface area contributed by atoms with Gasteiger partial charge in [0.25, 0.3) is 0 Å². The Morgan fingerprint density at radius 3 is 2.53 bits per heavy atom. The van der Waals surface area contributed by atoms with Crippen molar-refractivity contribution in [1.82, 2.24) is 0 Å². The highest BCUT2D eigenvalue weighted by atomic mass is 16.7. The summed E-state index contributed by atoms with van der Waals surface area (Å²) < 4.78 is 16.3. The normalized spacial score (nSPS) is 18.1. The molecule has 1 heterocycles. The van der Waals surface area contributed by atoms with Crippen molar-refractivity contribution < 1.29 is 19.0 Å². The molecule has 0 spiro atoms. The van der Waals surface area contributed by atoms with Crippen LogP contribution in [0, 0.1) is 0 Å². The van der Waals surface area contributed by atoms with Gasteiger partial charge in [-0.3, -0.25) is 4.79 Å². The molecule has 1 fully saturated rings. The van der Waals surface area contributed by atoms with E-state index in [-0.39, 0.29) is 5.78 Å². The van der Waals surface area contributed by atoms with Crippen molar-refractivity contribution in [3.8, 4) is 5.75 Å². The molecule has 4 heteroatoms. The first-order chi connectivity index (χ1) is 8.07. The topological polar surface area (TPSA) is 44.8 Å². The molecule has 1 aliphatic heterocycles. The fourth-order valence-corrected chi connectivity index (χ4v) is 1.95. The third-order valence-corrected chi connectivity index (χ3v) is 2.94. The number of hydrogen-bond acceptors (Lipinski definition) is 4. The lowest BCUT2D eigenvalue weighted by molar-refractivity contribution is -0.149. The Hall–Kier alpha value is -1.39. The Bertz CT molecular complexity index is 433. The molecule has 0 aromatic heterocycles. The molecule has 4 nitrogen and oxygen atoms in total. The molecule has 17 heavy (non-hydrogen) atoms. The van der Waals surface area contributed by atoms with Crippen molar-refractivity contribution in [2.24, 2.45) is 0 Å². The molecule has 0 aliphatic carbocycles. The zero-order valence-corrected chi connectivity index (χ0v) is 10.3. The number of Topliss-reactive ketones (excluding diaryl/α,β-unsaturated/α-hetero) is 1. The van der Waals surface area contributed by atoms with Crippen molar-refractivity contribution >= 4 is 5.78 Å². The highest BCUT2D eigenvalue weighted by Gasteiger charge is 2.33. The molecule has 0 saturated carbocycles. The molecular weight excluding hydrogens is 220 g/mol. The summed E-state index contributed by atoms with van der Waals surface area (Å²) in [4.78, 5) is 11.5. The second-order valence-corrected chi connectivity index (χ2v) is 4.11. The lowest BCUT2D eigenvalue weighted by atomic mass is 10.0. The van der Waals surface area contributed by atoms with Crippen molar-refractivity contribution in [1.29, 1.82) is 0 Å². The monoisotopic (exact) mass is 236 g/mol. The van der Waals surface area contributed by atoms with Crippen LogP contribution in [0.5, 0.6) is 5.75 Å². The van der Waals surface area contributed by atoms with Crippen LogP contribution in [0.15, 0.2) is 18.2 Å². The van der Waals surface area contributed by atoms with Crippen LogP contribution in [0.2, 0.25) is 0 Å². The average molecular weight is 236 g/mol. The van der Waals surface area contributed by atoms with E-state index in [0.717, 1.165) is 5.56 Å². The maximum absolute atomic E-state index is 11.5. The lowest BCUT2D eigenvalue weighted by Crippen LogP contribution is -2.22. The Morgan fingerprint density at radius 2 is 2.00 bits per heavy atom. The smallest absolute Gasteiger partial charge is 0.192 e. The standard InChI is InChI=1S/C13H16O4/c1-9(14)11-8-10(4-5-12(11)15-3)13(2)16-6-7-17-13/h4-5,8H,6-7H2,1-3H3. The Labute approximate surface area is 100 Å². The van der Waals surface area contributed by atoms with E-state index >= 15 is 0 Å². The number of rotatable bonds is 3. The summed E-state index contributed by atoms with van der Waals surface area (Å²) in [6.07, 6.45) is 0. The maximum atomic E-state index is 11.5. The molecule has 0 atom stereocenters. The molecular formula is C13H16O4. The minimum absolute atomic E-state index is 0.0368. The van der Waals surface area contributed by atoms with Gasteiger partial charge in [-0.15, -0.1) is 0 Å². The van der Waals surface area contributed by atoms with Crippen LogP contribution in [0.4, 0.5) is 0 Å². The zero-order valence-electron chi connectivity index (χ0n) is 10.3. The van der Waals surface area contributed by atoms with E-state index < -0.39 is 5.79 Å². The van der Waals surface area contributed by atoms with Gasteiger partial charge in [0.2, 0.25) is 0 Å². The molecule has 0 N–H and O–H groups in total. The summed E-state index contributed by atoms with van der Waals surface area (Å²) in [5.41, 5.74) is 1.38. The second-order valence-electron chi connectivity index (χ2n) is 4.11. The van der Waals surface area contributed by atoms with Gasteiger partial charge in [-0.05, 0) is 32.0 Å². The predicted octanol–water partition coefficient (Wildman–Crippen LogP) is 2.12. The van der Waals surface area contributed by atoms with Gasteiger partial charge < -0.3 is 14.2 Å². The third kappa shape index (κ3) is 2.18. The van der Waals surface area contributed by atoms with Gasteiger partial charge in [-0.1, -0.05) is 0 Å². The fourth-order valence-electron chi connectivity index (χ4n) is 1.95. The van der Waals surface area contributed by atoms with E-state index in [1.807, 2.05) is 13.0 Å². The van der Waals surface area contributed by atoms with E-state index in [4.69, 9.17) is 14.2 Å². The molecule has 1 saturated heterocycles. The molecule has 1 aromatic carbocycles. The number of ketones is 1. The first kappa shape index (κ1) is 12.1. The van der Waals surface area contributed by atoms with E-state index in [1.54, 1.807) is 19.2 Å². The molecule has 0 radical (unpaired) electrons. The summed E-state index contributed by atoms with van der Waals surface area (Å²) in [7, 11) is 1.55. The van der Waals surface area contributed by atoms with Crippen LogP contribution in [-0.4, -0.2) is 26.1 Å². The summed E-state index contributed by atoms with van der Waals surface area (Å²) in [5, 5.41) is 0. The van der Waals surface area contributed by atoms with Crippen LogP contribution >= 0.6 is 0 Å². The number of hydrogen-bond donors (Lipinski definition) is 0. The van der Waals surface area contributed by atoms with Crippen LogP contribution in [0.1, 0.15) is 29.8 Å². The van der Waals surface area contributed by atoms with Gasteiger partial charge in [0.15, 0.2) is 11.6 Å². The van der Waals surface area contributed by atoms with Crippen molar-refractivity contribution in [3.63, 3.8) is 0 Å². The summed E-state index contributed by atoms with van der Waals surface area (Å²) >= 11 is 0. The number of carbonyl (C=O) groups excluding carboxylic acids is 1. The minimum atomic E-state index is -0.754. The number of carbonyl (C=O) groups is 1. The van der Waals surface area contributed by atoms with Gasteiger partial charge in [0.05, 0.1) is 25.9 Å². The third-order valence-electron chi connectivity index (χ3n) is 2.94. The van der Waals surface area contributed by atoms with Crippen molar-refractivity contribution in [2.75, 3.05) is 20.3 Å². The molecule has 1 aromatic rings. The summed E-state index contributed by atoms with van der Waals surface area (Å²) in [6, 6.07) is 5.39.